The molecule has 0 aliphatic carbocycles. The summed E-state index contributed by atoms with van der Waals surface area (Å²) in [5.74, 6) is -0.254. The van der Waals surface area contributed by atoms with Gasteiger partial charge in [0.05, 0.1) is 15.8 Å². The molecule has 0 N–H and O–H groups in total. The lowest BCUT2D eigenvalue weighted by atomic mass is 9.81. The zero-order valence-electron chi connectivity index (χ0n) is 11.5. The number of alkyl halides is 1. The second kappa shape index (κ2) is 7.46. The molecule has 2 heterocycles. The number of nitrogens with zero attached hydrogens (tertiary/aromatic N) is 2. The van der Waals surface area contributed by atoms with Gasteiger partial charge in [-0.05, 0) is 29.9 Å². The van der Waals surface area contributed by atoms with Crippen LogP contribution in [-0.2, 0) is 16.1 Å². The number of carbonyl (C=O) groups excluding carboxylic acids is 1. The van der Waals surface area contributed by atoms with E-state index in [2.05, 4.69) is 6.07 Å². The standard InChI is InChI=1S/C14H16Cl2N2O2S/c15-6-13(19)18(7-11-5-12(16)21-8-11)10-14(9-17)1-3-20-4-2-14/h5,8H,1-4,6-7,10H2. The van der Waals surface area contributed by atoms with Crippen LogP contribution in [0.2, 0.25) is 4.34 Å². The van der Waals surface area contributed by atoms with Gasteiger partial charge in [-0.1, -0.05) is 11.6 Å². The Bertz CT molecular complexity index is 535. The van der Waals surface area contributed by atoms with E-state index in [-0.39, 0.29) is 11.8 Å². The molecular weight excluding hydrogens is 331 g/mol. The largest absolute Gasteiger partial charge is 0.381 e. The molecule has 21 heavy (non-hydrogen) atoms. The Hall–Kier alpha value is -0.800. The highest BCUT2D eigenvalue weighted by Gasteiger charge is 2.36. The third-order valence-corrected chi connectivity index (χ3v) is 5.01. The van der Waals surface area contributed by atoms with E-state index >= 15 is 0 Å². The van der Waals surface area contributed by atoms with Crippen molar-refractivity contribution in [1.29, 1.82) is 5.26 Å². The Morgan fingerprint density at radius 1 is 1.52 bits per heavy atom. The third-order valence-electron chi connectivity index (χ3n) is 3.64. The van der Waals surface area contributed by atoms with Crippen LogP contribution in [-0.4, -0.2) is 36.4 Å². The van der Waals surface area contributed by atoms with Gasteiger partial charge in [0.2, 0.25) is 5.91 Å². The summed E-state index contributed by atoms with van der Waals surface area (Å²) in [5, 5.41) is 11.4. The quantitative estimate of drug-likeness (QED) is 0.768. The molecule has 0 bridgehead atoms. The first-order valence-electron chi connectivity index (χ1n) is 6.64. The average molecular weight is 347 g/mol. The molecule has 114 valence electrons. The predicted molar refractivity (Wildman–Crippen MR) is 83.6 cm³/mol. The molecular formula is C14H16Cl2N2O2S. The fourth-order valence-corrected chi connectivity index (χ4v) is 3.47. The van der Waals surface area contributed by atoms with Gasteiger partial charge in [0, 0.05) is 26.3 Å². The molecule has 1 aromatic heterocycles. The first-order valence-corrected chi connectivity index (χ1v) is 8.43. The van der Waals surface area contributed by atoms with Gasteiger partial charge >= 0.3 is 0 Å². The maximum absolute atomic E-state index is 12.1. The Morgan fingerprint density at radius 2 is 2.24 bits per heavy atom. The van der Waals surface area contributed by atoms with E-state index in [9.17, 15) is 10.1 Å². The number of halogens is 2. The highest BCUT2D eigenvalue weighted by molar-refractivity contribution is 7.14. The van der Waals surface area contributed by atoms with Crippen molar-refractivity contribution in [3.8, 4) is 6.07 Å². The molecule has 0 aromatic carbocycles. The van der Waals surface area contributed by atoms with Gasteiger partial charge in [0.15, 0.2) is 0 Å². The molecule has 0 atom stereocenters. The van der Waals surface area contributed by atoms with Gasteiger partial charge in [0.1, 0.15) is 5.88 Å². The van der Waals surface area contributed by atoms with E-state index < -0.39 is 5.41 Å². The normalized spacial score (nSPS) is 17.2. The van der Waals surface area contributed by atoms with Crippen LogP contribution in [0.4, 0.5) is 0 Å². The number of thiophene rings is 1. The number of rotatable bonds is 5. The zero-order valence-corrected chi connectivity index (χ0v) is 13.8. The molecule has 1 saturated heterocycles. The van der Waals surface area contributed by atoms with Crippen LogP contribution in [0.25, 0.3) is 0 Å². The second-order valence-corrected chi connectivity index (χ2v) is 6.96. The lowest BCUT2D eigenvalue weighted by Crippen LogP contribution is -2.43. The smallest absolute Gasteiger partial charge is 0.237 e. The van der Waals surface area contributed by atoms with E-state index in [4.69, 9.17) is 27.9 Å². The second-order valence-electron chi connectivity index (χ2n) is 5.15. The van der Waals surface area contributed by atoms with Crippen LogP contribution in [0.5, 0.6) is 0 Å². The third kappa shape index (κ3) is 4.33. The SMILES string of the molecule is N#CC1(CN(Cc2csc(Cl)c2)C(=O)CCl)CCOCC1. The van der Waals surface area contributed by atoms with Gasteiger partial charge in [-0.15, -0.1) is 22.9 Å². The van der Waals surface area contributed by atoms with E-state index in [0.717, 1.165) is 5.56 Å². The summed E-state index contributed by atoms with van der Waals surface area (Å²) in [7, 11) is 0. The number of hydrogen-bond acceptors (Lipinski definition) is 4. The van der Waals surface area contributed by atoms with Crippen LogP contribution in [0.15, 0.2) is 11.4 Å². The lowest BCUT2D eigenvalue weighted by Gasteiger charge is -2.35. The van der Waals surface area contributed by atoms with Gasteiger partial charge in [0.25, 0.3) is 0 Å². The predicted octanol–water partition coefficient (Wildman–Crippen LogP) is 3.29. The lowest BCUT2D eigenvalue weighted by molar-refractivity contribution is -0.131. The summed E-state index contributed by atoms with van der Waals surface area (Å²) in [6.45, 7) is 1.92. The molecule has 2 rings (SSSR count). The molecule has 4 nitrogen and oxygen atoms in total. The molecule has 0 saturated carbocycles. The van der Waals surface area contributed by atoms with E-state index in [1.54, 1.807) is 4.90 Å². The summed E-state index contributed by atoms with van der Waals surface area (Å²) < 4.78 is 6.00. The van der Waals surface area contributed by atoms with E-state index in [0.29, 0.717) is 43.5 Å². The minimum atomic E-state index is -0.542. The number of ether oxygens (including phenoxy) is 1. The Morgan fingerprint density at radius 3 is 2.76 bits per heavy atom. The van der Waals surface area contributed by atoms with Crippen LogP contribution in [0.1, 0.15) is 18.4 Å². The molecule has 7 heteroatoms. The van der Waals surface area contributed by atoms with E-state index in [1.165, 1.54) is 11.3 Å². The van der Waals surface area contributed by atoms with Crippen LogP contribution >= 0.6 is 34.5 Å². The molecule has 1 amide bonds. The monoisotopic (exact) mass is 346 g/mol. The Balaban J connectivity index is 2.12. The molecule has 1 aliphatic heterocycles. The van der Waals surface area contributed by atoms with Crippen molar-refractivity contribution in [2.45, 2.75) is 19.4 Å². The van der Waals surface area contributed by atoms with Crippen molar-refractivity contribution in [2.75, 3.05) is 25.6 Å². The van der Waals surface area contributed by atoms with Crippen molar-refractivity contribution < 1.29 is 9.53 Å². The van der Waals surface area contributed by atoms with Gasteiger partial charge < -0.3 is 9.64 Å². The van der Waals surface area contributed by atoms with Crippen molar-refractivity contribution in [1.82, 2.24) is 4.90 Å². The first kappa shape index (κ1) is 16.6. The summed E-state index contributed by atoms with van der Waals surface area (Å²) in [6.07, 6.45) is 1.28. The maximum Gasteiger partial charge on any atom is 0.237 e. The zero-order chi connectivity index (χ0) is 15.3. The van der Waals surface area contributed by atoms with Gasteiger partial charge in [-0.25, -0.2) is 0 Å². The number of hydrogen-bond donors (Lipinski definition) is 0. The molecule has 1 fully saturated rings. The summed E-state index contributed by atoms with van der Waals surface area (Å²) in [4.78, 5) is 13.7. The molecule has 1 aromatic rings. The topological polar surface area (TPSA) is 53.3 Å². The molecule has 0 spiro atoms. The van der Waals surface area contributed by atoms with Crippen LogP contribution in [0, 0.1) is 16.7 Å². The average Bonchev–Trinajstić information content (AvgIpc) is 2.92. The summed E-state index contributed by atoms with van der Waals surface area (Å²) >= 11 is 13.1. The number of amides is 1. The number of nitriles is 1. The minimum Gasteiger partial charge on any atom is -0.381 e. The van der Waals surface area contributed by atoms with Crippen molar-refractivity contribution in [3.63, 3.8) is 0 Å². The molecule has 0 unspecified atom stereocenters. The van der Waals surface area contributed by atoms with Crippen LogP contribution < -0.4 is 0 Å². The van der Waals surface area contributed by atoms with Gasteiger partial charge in [-0.2, -0.15) is 5.26 Å². The van der Waals surface area contributed by atoms with Crippen molar-refractivity contribution in [2.24, 2.45) is 5.41 Å². The minimum absolute atomic E-state index is 0.0874. The number of carbonyl (C=O) groups is 1. The first-order chi connectivity index (χ1) is 10.1. The fourth-order valence-electron chi connectivity index (χ4n) is 2.40. The fraction of sp³-hybridized carbons (Fsp3) is 0.571. The molecule has 0 radical (unpaired) electrons. The summed E-state index contributed by atoms with van der Waals surface area (Å²) in [5.41, 5.74) is 0.420. The summed E-state index contributed by atoms with van der Waals surface area (Å²) in [6, 6.07) is 4.21. The Labute approximate surface area is 138 Å². The van der Waals surface area contributed by atoms with E-state index in [1.807, 2.05) is 11.4 Å². The van der Waals surface area contributed by atoms with Crippen molar-refractivity contribution >= 4 is 40.4 Å². The molecule has 1 aliphatic rings. The van der Waals surface area contributed by atoms with Crippen molar-refractivity contribution in [3.05, 3.63) is 21.3 Å². The van der Waals surface area contributed by atoms with Gasteiger partial charge in [-0.3, -0.25) is 4.79 Å². The van der Waals surface area contributed by atoms with Crippen LogP contribution in [0.3, 0.4) is 0 Å². The maximum atomic E-state index is 12.1. The Kier molecular flexibility index (Phi) is 5.88. The highest BCUT2D eigenvalue weighted by Crippen LogP contribution is 2.32. The highest BCUT2D eigenvalue weighted by atomic mass is 35.5.